The first-order valence-corrected chi connectivity index (χ1v) is 8.97. The Kier molecular flexibility index (Phi) is 21.0. The number of nitrogens with zero attached hydrogens (tertiary/aromatic N) is 1. The molecule has 0 aliphatic heterocycles. The highest BCUT2D eigenvalue weighted by molar-refractivity contribution is 5.73. The Labute approximate surface area is 133 Å². The highest BCUT2D eigenvalue weighted by Gasteiger charge is 1.94. The molecular formula is C18H40N2O. The minimum absolute atomic E-state index is 0.159. The monoisotopic (exact) mass is 300 g/mol. The van der Waals surface area contributed by atoms with Gasteiger partial charge in [-0.25, -0.2) is 0 Å². The lowest BCUT2D eigenvalue weighted by Gasteiger charge is -2.05. The van der Waals surface area contributed by atoms with Gasteiger partial charge in [-0.3, -0.25) is 4.79 Å². The van der Waals surface area contributed by atoms with E-state index >= 15 is 0 Å². The van der Waals surface area contributed by atoms with E-state index < -0.39 is 0 Å². The van der Waals surface area contributed by atoms with Gasteiger partial charge in [-0.2, -0.15) is 0 Å². The van der Waals surface area contributed by atoms with Crippen LogP contribution in [0.1, 0.15) is 90.9 Å². The second kappa shape index (κ2) is 19.4. The molecule has 0 aromatic heterocycles. The molecule has 0 fully saturated rings. The molecule has 0 aromatic carbocycles. The molecule has 21 heavy (non-hydrogen) atoms. The molecular weight excluding hydrogens is 260 g/mol. The van der Waals surface area contributed by atoms with Gasteiger partial charge >= 0.3 is 0 Å². The third-order valence-electron chi connectivity index (χ3n) is 3.49. The van der Waals surface area contributed by atoms with Crippen LogP contribution in [-0.4, -0.2) is 31.4 Å². The Hall–Kier alpha value is -0.570. The molecule has 0 radical (unpaired) electrons. The molecule has 0 saturated heterocycles. The summed E-state index contributed by atoms with van der Waals surface area (Å²) in [4.78, 5) is 12.6. The van der Waals surface area contributed by atoms with Gasteiger partial charge in [0.2, 0.25) is 5.91 Å². The molecule has 0 aliphatic carbocycles. The van der Waals surface area contributed by atoms with Crippen molar-refractivity contribution in [3.63, 3.8) is 0 Å². The van der Waals surface area contributed by atoms with Gasteiger partial charge in [0, 0.05) is 6.42 Å². The lowest BCUT2D eigenvalue weighted by Crippen LogP contribution is -2.12. The van der Waals surface area contributed by atoms with Crippen LogP contribution in [0.3, 0.4) is 0 Å². The highest BCUT2D eigenvalue weighted by Crippen LogP contribution is 2.10. The van der Waals surface area contributed by atoms with E-state index in [-0.39, 0.29) is 5.91 Å². The maximum absolute atomic E-state index is 10.4. The zero-order valence-corrected chi connectivity index (χ0v) is 15.1. The van der Waals surface area contributed by atoms with E-state index in [9.17, 15) is 4.79 Å². The molecule has 0 bridgehead atoms. The van der Waals surface area contributed by atoms with Crippen LogP contribution >= 0.6 is 0 Å². The zero-order chi connectivity index (χ0) is 16.3. The van der Waals surface area contributed by atoms with Crippen molar-refractivity contribution in [1.82, 2.24) is 4.90 Å². The van der Waals surface area contributed by atoms with Crippen LogP contribution in [0.25, 0.3) is 0 Å². The smallest absolute Gasteiger partial charge is 0.217 e. The summed E-state index contributed by atoms with van der Waals surface area (Å²) in [5.74, 6) is -0.159. The van der Waals surface area contributed by atoms with Crippen molar-refractivity contribution in [3.05, 3.63) is 0 Å². The topological polar surface area (TPSA) is 46.3 Å². The van der Waals surface area contributed by atoms with Gasteiger partial charge < -0.3 is 10.6 Å². The molecule has 0 aromatic rings. The van der Waals surface area contributed by atoms with Crippen LogP contribution in [0.4, 0.5) is 0 Å². The van der Waals surface area contributed by atoms with Crippen LogP contribution in [-0.2, 0) is 4.79 Å². The van der Waals surface area contributed by atoms with Crippen molar-refractivity contribution >= 4 is 5.91 Å². The average molecular weight is 301 g/mol. The van der Waals surface area contributed by atoms with Gasteiger partial charge in [0.05, 0.1) is 0 Å². The fourth-order valence-electron chi connectivity index (χ4n) is 2.08. The minimum Gasteiger partial charge on any atom is -0.370 e. The Balaban J connectivity index is 0. The van der Waals surface area contributed by atoms with E-state index in [0.29, 0.717) is 6.42 Å². The summed E-state index contributed by atoms with van der Waals surface area (Å²) in [6, 6.07) is 0. The predicted octanol–water partition coefficient (Wildman–Crippen LogP) is 4.74. The van der Waals surface area contributed by atoms with E-state index in [4.69, 9.17) is 5.73 Å². The van der Waals surface area contributed by atoms with Crippen molar-refractivity contribution in [1.29, 1.82) is 0 Å². The summed E-state index contributed by atoms with van der Waals surface area (Å²) < 4.78 is 0. The van der Waals surface area contributed by atoms with Crippen LogP contribution in [0, 0.1) is 0 Å². The quantitative estimate of drug-likeness (QED) is 0.499. The molecule has 0 atom stereocenters. The largest absolute Gasteiger partial charge is 0.370 e. The standard InChI is InChI=1S/C12H25NO.C6H15N/c1-2-3-4-5-6-7-8-9-10-11-12(13)14;1-4-5-6-7(2)3/h2-11H2,1H3,(H2,13,14);4-6H2,1-3H3. The van der Waals surface area contributed by atoms with Gasteiger partial charge in [0.1, 0.15) is 0 Å². The Bertz CT molecular complexity index is 205. The van der Waals surface area contributed by atoms with E-state index in [0.717, 1.165) is 12.8 Å². The predicted molar refractivity (Wildman–Crippen MR) is 94.5 cm³/mol. The summed E-state index contributed by atoms with van der Waals surface area (Å²) in [5.41, 5.74) is 5.05. The van der Waals surface area contributed by atoms with Crippen LogP contribution in [0.2, 0.25) is 0 Å². The average Bonchev–Trinajstić information content (AvgIpc) is 2.43. The number of hydrogen-bond acceptors (Lipinski definition) is 2. The van der Waals surface area contributed by atoms with Crippen molar-refractivity contribution in [2.45, 2.75) is 90.9 Å². The molecule has 0 unspecified atom stereocenters. The van der Waals surface area contributed by atoms with Crippen molar-refractivity contribution in [2.75, 3.05) is 20.6 Å². The van der Waals surface area contributed by atoms with E-state index in [1.165, 1.54) is 64.3 Å². The second-order valence-corrected chi connectivity index (χ2v) is 6.20. The fraction of sp³-hybridized carbons (Fsp3) is 0.944. The Morgan fingerprint density at radius 2 is 1.19 bits per heavy atom. The first kappa shape index (κ1) is 22.7. The van der Waals surface area contributed by atoms with Crippen LogP contribution in [0.15, 0.2) is 0 Å². The second-order valence-electron chi connectivity index (χ2n) is 6.20. The fourth-order valence-corrected chi connectivity index (χ4v) is 2.08. The molecule has 0 saturated carbocycles. The number of primary amides is 1. The number of unbranched alkanes of at least 4 members (excludes halogenated alkanes) is 9. The molecule has 3 nitrogen and oxygen atoms in total. The van der Waals surface area contributed by atoms with Gasteiger partial charge in [-0.05, 0) is 33.5 Å². The number of amides is 1. The van der Waals surface area contributed by atoms with Crippen molar-refractivity contribution < 1.29 is 4.79 Å². The van der Waals surface area contributed by atoms with Crippen LogP contribution < -0.4 is 5.73 Å². The van der Waals surface area contributed by atoms with Gasteiger partial charge in [-0.1, -0.05) is 71.6 Å². The maximum atomic E-state index is 10.4. The molecule has 0 rings (SSSR count). The molecule has 0 aliphatic rings. The van der Waals surface area contributed by atoms with Gasteiger partial charge in [0.25, 0.3) is 0 Å². The van der Waals surface area contributed by atoms with Crippen molar-refractivity contribution in [3.8, 4) is 0 Å². The first-order valence-electron chi connectivity index (χ1n) is 8.97. The SMILES string of the molecule is CCCCCCCCCCCC(N)=O.CCCCN(C)C. The number of carbonyl (C=O) groups excluding carboxylic acids is 1. The minimum atomic E-state index is -0.159. The summed E-state index contributed by atoms with van der Waals surface area (Å²) in [5, 5.41) is 0. The van der Waals surface area contributed by atoms with Gasteiger partial charge in [0.15, 0.2) is 0 Å². The first-order chi connectivity index (χ1) is 10.0. The molecule has 3 heteroatoms. The van der Waals surface area contributed by atoms with Crippen LogP contribution in [0.5, 0.6) is 0 Å². The third-order valence-corrected chi connectivity index (χ3v) is 3.49. The zero-order valence-electron chi connectivity index (χ0n) is 15.1. The molecule has 2 N–H and O–H groups in total. The maximum Gasteiger partial charge on any atom is 0.217 e. The van der Waals surface area contributed by atoms with Crippen molar-refractivity contribution in [2.24, 2.45) is 5.73 Å². The third kappa shape index (κ3) is 28.3. The molecule has 1 amide bonds. The number of carbonyl (C=O) groups is 1. The molecule has 128 valence electrons. The normalized spacial score (nSPS) is 10.3. The Morgan fingerprint density at radius 1 is 0.762 bits per heavy atom. The van der Waals surface area contributed by atoms with E-state index in [2.05, 4.69) is 32.8 Å². The molecule has 0 heterocycles. The lowest BCUT2D eigenvalue weighted by atomic mass is 10.1. The number of rotatable bonds is 13. The number of nitrogens with two attached hydrogens (primary N) is 1. The van der Waals surface area contributed by atoms with Gasteiger partial charge in [-0.15, -0.1) is 0 Å². The summed E-state index contributed by atoms with van der Waals surface area (Å²) >= 11 is 0. The summed E-state index contributed by atoms with van der Waals surface area (Å²) in [6.45, 7) is 5.68. The number of hydrogen-bond donors (Lipinski definition) is 1. The summed E-state index contributed by atoms with van der Waals surface area (Å²) in [6.07, 6.45) is 14.7. The molecule has 0 spiro atoms. The highest BCUT2D eigenvalue weighted by atomic mass is 16.1. The van der Waals surface area contributed by atoms with E-state index in [1.807, 2.05) is 0 Å². The Morgan fingerprint density at radius 3 is 1.52 bits per heavy atom. The van der Waals surface area contributed by atoms with E-state index in [1.54, 1.807) is 0 Å². The lowest BCUT2D eigenvalue weighted by molar-refractivity contribution is -0.118. The summed E-state index contributed by atoms with van der Waals surface area (Å²) in [7, 11) is 4.21.